The predicted octanol–water partition coefficient (Wildman–Crippen LogP) is 3.67. The lowest BCUT2D eigenvalue weighted by molar-refractivity contribution is 0.215. The minimum Gasteiger partial charge on any atom is -0.341 e. The van der Waals surface area contributed by atoms with Gasteiger partial charge in [-0.15, -0.1) is 0 Å². The van der Waals surface area contributed by atoms with E-state index in [-0.39, 0.29) is 0 Å². The van der Waals surface area contributed by atoms with Crippen LogP contribution >= 0.6 is 0 Å². The summed E-state index contributed by atoms with van der Waals surface area (Å²) in [5, 5.41) is 1.34. The summed E-state index contributed by atoms with van der Waals surface area (Å²) in [7, 11) is 0. The van der Waals surface area contributed by atoms with Crippen LogP contribution in [0, 0.1) is 0 Å². The Balaban J connectivity index is 1.98. The molecule has 21 heavy (non-hydrogen) atoms. The smallest absolute Gasteiger partial charge is 0.0488 e. The summed E-state index contributed by atoms with van der Waals surface area (Å²) in [4.78, 5) is 2.60. The number of likely N-dealkylation sites (tertiary alicyclic amines) is 1. The van der Waals surface area contributed by atoms with Crippen LogP contribution in [-0.4, -0.2) is 22.6 Å². The lowest BCUT2D eigenvalue weighted by Gasteiger charge is -2.27. The Morgan fingerprint density at radius 1 is 1.10 bits per heavy atom. The van der Waals surface area contributed by atoms with Crippen LogP contribution in [0.4, 0.5) is 0 Å². The van der Waals surface area contributed by atoms with E-state index in [2.05, 4.69) is 47.6 Å². The molecule has 114 valence electrons. The van der Waals surface area contributed by atoms with Gasteiger partial charge in [-0.3, -0.25) is 4.90 Å². The van der Waals surface area contributed by atoms with E-state index in [1.807, 2.05) is 0 Å². The average Bonchev–Trinajstić information content (AvgIpc) is 2.85. The second-order valence-corrected chi connectivity index (χ2v) is 6.53. The molecule has 1 aromatic heterocycles. The van der Waals surface area contributed by atoms with Gasteiger partial charge >= 0.3 is 0 Å². The van der Waals surface area contributed by atoms with Crippen LogP contribution in [0.15, 0.2) is 24.3 Å². The standard InChI is InChI=1S/C18H27N3/c1-14(2)21-17(13-20-8-4-3-5-9-20)11-16-7-6-15(12-19)10-18(16)21/h6-7,10-11,14H,3-5,8-9,12-13,19H2,1-2H3. The molecule has 0 spiro atoms. The number of fused-ring (bicyclic) bond motifs is 1. The topological polar surface area (TPSA) is 34.2 Å². The number of aromatic nitrogens is 1. The van der Waals surface area contributed by atoms with Gasteiger partial charge in [-0.25, -0.2) is 0 Å². The third-order valence-corrected chi connectivity index (χ3v) is 4.57. The summed E-state index contributed by atoms with van der Waals surface area (Å²) in [6.07, 6.45) is 4.09. The number of hydrogen-bond acceptors (Lipinski definition) is 2. The number of benzene rings is 1. The third-order valence-electron chi connectivity index (χ3n) is 4.57. The maximum absolute atomic E-state index is 5.81. The normalized spacial score (nSPS) is 17.0. The molecule has 3 nitrogen and oxygen atoms in total. The zero-order chi connectivity index (χ0) is 14.8. The predicted molar refractivity (Wildman–Crippen MR) is 89.3 cm³/mol. The summed E-state index contributed by atoms with van der Waals surface area (Å²) in [6.45, 7) is 8.72. The molecule has 0 atom stereocenters. The molecule has 1 saturated heterocycles. The quantitative estimate of drug-likeness (QED) is 0.930. The number of rotatable bonds is 4. The van der Waals surface area contributed by atoms with Crippen molar-refractivity contribution in [3.05, 3.63) is 35.5 Å². The van der Waals surface area contributed by atoms with Crippen LogP contribution in [0.3, 0.4) is 0 Å². The van der Waals surface area contributed by atoms with Gasteiger partial charge in [0, 0.05) is 30.3 Å². The maximum atomic E-state index is 5.81. The summed E-state index contributed by atoms with van der Waals surface area (Å²) in [5.74, 6) is 0. The van der Waals surface area contributed by atoms with E-state index in [0.29, 0.717) is 12.6 Å². The van der Waals surface area contributed by atoms with Crippen molar-refractivity contribution in [3.8, 4) is 0 Å². The summed E-state index contributed by atoms with van der Waals surface area (Å²) in [5.41, 5.74) is 9.79. The molecular formula is C18H27N3. The number of piperidine rings is 1. The van der Waals surface area contributed by atoms with Gasteiger partial charge in [-0.05, 0) is 62.9 Å². The number of hydrogen-bond donors (Lipinski definition) is 1. The van der Waals surface area contributed by atoms with Crippen LogP contribution in [0.25, 0.3) is 10.9 Å². The van der Waals surface area contributed by atoms with Gasteiger partial charge in [0.1, 0.15) is 0 Å². The lowest BCUT2D eigenvalue weighted by Crippen LogP contribution is -2.30. The van der Waals surface area contributed by atoms with Crippen LogP contribution in [0.2, 0.25) is 0 Å². The number of nitrogens with zero attached hydrogens (tertiary/aromatic N) is 2. The van der Waals surface area contributed by atoms with Crippen LogP contribution in [0.5, 0.6) is 0 Å². The molecular weight excluding hydrogens is 258 g/mol. The molecule has 0 bridgehead atoms. The van der Waals surface area contributed by atoms with E-state index < -0.39 is 0 Å². The fourth-order valence-electron chi connectivity index (χ4n) is 3.53. The SMILES string of the molecule is CC(C)n1c(CN2CCCCC2)cc2ccc(CN)cc21. The molecule has 1 aliphatic heterocycles. The van der Waals surface area contributed by atoms with Crippen LogP contribution in [0.1, 0.15) is 50.4 Å². The minimum absolute atomic E-state index is 0.482. The average molecular weight is 285 g/mol. The first-order chi connectivity index (χ1) is 10.2. The molecule has 2 aromatic rings. The van der Waals surface area contributed by atoms with Crippen molar-refractivity contribution in [2.75, 3.05) is 13.1 Å². The summed E-state index contributed by atoms with van der Waals surface area (Å²) < 4.78 is 2.49. The van der Waals surface area contributed by atoms with Crippen molar-refractivity contribution in [1.82, 2.24) is 9.47 Å². The van der Waals surface area contributed by atoms with Crippen molar-refractivity contribution in [3.63, 3.8) is 0 Å². The monoisotopic (exact) mass is 285 g/mol. The van der Waals surface area contributed by atoms with Crippen molar-refractivity contribution < 1.29 is 0 Å². The first-order valence-corrected chi connectivity index (χ1v) is 8.24. The Morgan fingerprint density at radius 2 is 1.86 bits per heavy atom. The maximum Gasteiger partial charge on any atom is 0.0488 e. The zero-order valence-electron chi connectivity index (χ0n) is 13.3. The Hall–Kier alpha value is -1.32. The molecule has 1 aromatic carbocycles. The van der Waals surface area contributed by atoms with Crippen LogP contribution in [-0.2, 0) is 13.1 Å². The number of nitrogens with two attached hydrogens (primary N) is 1. The van der Waals surface area contributed by atoms with Gasteiger partial charge in [0.2, 0.25) is 0 Å². The van der Waals surface area contributed by atoms with E-state index in [0.717, 1.165) is 6.54 Å². The molecule has 3 rings (SSSR count). The van der Waals surface area contributed by atoms with Crippen LogP contribution < -0.4 is 5.73 Å². The van der Waals surface area contributed by atoms with Crippen molar-refractivity contribution in [2.24, 2.45) is 5.73 Å². The van der Waals surface area contributed by atoms with Gasteiger partial charge in [-0.2, -0.15) is 0 Å². The highest BCUT2D eigenvalue weighted by atomic mass is 15.2. The third kappa shape index (κ3) is 2.99. The first kappa shape index (κ1) is 14.6. The molecule has 1 aliphatic rings. The zero-order valence-corrected chi connectivity index (χ0v) is 13.3. The van der Waals surface area contributed by atoms with Gasteiger partial charge in [0.05, 0.1) is 0 Å². The molecule has 0 aliphatic carbocycles. The van der Waals surface area contributed by atoms with E-state index in [1.54, 1.807) is 0 Å². The fraction of sp³-hybridized carbons (Fsp3) is 0.556. The van der Waals surface area contributed by atoms with E-state index in [9.17, 15) is 0 Å². The van der Waals surface area contributed by atoms with Gasteiger partial charge in [0.25, 0.3) is 0 Å². The Kier molecular flexibility index (Phi) is 4.32. The summed E-state index contributed by atoms with van der Waals surface area (Å²) >= 11 is 0. The highest BCUT2D eigenvalue weighted by molar-refractivity contribution is 5.82. The molecule has 0 radical (unpaired) electrons. The first-order valence-electron chi connectivity index (χ1n) is 8.24. The molecule has 2 heterocycles. The molecule has 1 fully saturated rings. The van der Waals surface area contributed by atoms with Crippen molar-refractivity contribution in [2.45, 2.75) is 52.2 Å². The Labute approximate surface area is 127 Å². The van der Waals surface area contributed by atoms with E-state index >= 15 is 0 Å². The molecule has 0 unspecified atom stereocenters. The Morgan fingerprint density at radius 3 is 2.52 bits per heavy atom. The van der Waals surface area contributed by atoms with E-state index in [1.165, 1.54) is 54.5 Å². The van der Waals surface area contributed by atoms with E-state index in [4.69, 9.17) is 5.73 Å². The highest BCUT2D eigenvalue weighted by Crippen LogP contribution is 2.27. The minimum atomic E-state index is 0.482. The van der Waals surface area contributed by atoms with Gasteiger partial charge < -0.3 is 10.3 Å². The molecule has 0 saturated carbocycles. The fourth-order valence-corrected chi connectivity index (χ4v) is 3.53. The molecule has 0 amide bonds. The lowest BCUT2D eigenvalue weighted by atomic mass is 10.1. The van der Waals surface area contributed by atoms with Crippen molar-refractivity contribution >= 4 is 10.9 Å². The highest BCUT2D eigenvalue weighted by Gasteiger charge is 2.16. The largest absolute Gasteiger partial charge is 0.341 e. The summed E-state index contributed by atoms with van der Waals surface area (Å²) in [6, 6.07) is 9.47. The second-order valence-electron chi connectivity index (χ2n) is 6.53. The molecule has 2 N–H and O–H groups in total. The molecule has 3 heteroatoms. The van der Waals surface area contributed by atoms with Crippen molar-refractivity contribution in [1.29, 1.82) is 0 Å². The van der Waals surface area contributed by atoms with Gasteiger partial charge in [-0.1, -0.05) is 18.6 Å². The Bertz CT molecular complexity index is 606. The van der Waals surface area contributed by atoms with Gasteiger partial charge in [0.15, 0.2) is 0 Å². The second kappa shape index (κ2) is 6.20.